The molecule has 0 aliphatic rings. The third-order valence-electron chi connectivity index (χ3n) is 3.96. The van der Waals surface area contributed by atoms with E-state index in [2.05, 4.69) is 10.3 Å². The number of furan rings is 1. The number of hydrogen-bond acceptors (Lipinski definition) is 4. The Morgan fingerprint density at radius 1 is 1.16 bits per heavy atom. The zero-order chi connectivity index (χ0) is 17.2. The van der Waals surface area contributed by atoms with E-state index in [1.165, 1.54) is 11.3 Å². The maximum absolute atomic E-state index is 12.3. The Balaban J connectivity index is 1.49. The number of aryl methyl sites for hydroxylation is 1. The summed E-state index contributed by atoms with van der Waals surface area (Å²) in [5, 5.41) is 6.67. The van der Waals surface area contributed by atoms with Crippen LogP contribution in [0.25, 0.3) is 22.4 Å². The van der Waals surface area contributed by atoms with Gasteiger partial charge in [-0.25, -0.2) is 4.98 Å². The summed E-state index contributed by atoms with van der Waals surface area (Å²) in [6.07, 6.45) is 0.249. The zero-order valence-corrected chi connectivity index (χ0v) is 14.5. The molecule has 0 saturated heterocycles. The monoisotopic (exact) mass is 348 g/mol. The highest BCUT2D eigenvalue weighted by Crippen LogP contribution is 2.28. The average Bonchev–Trinajstić information content (AvgIpc) is 3.23. The van der Waals surface area contributed by atoms with Crippen LogP contribution in [-0.2, 0) is 11.2 Å². The van der Waals surface area contributed by atoms with E-state index in [1.54, 1.807) is 0 Å². The lowest BCUT2D eigenvalue weighted by Gasteiger charge is -2.06. The van der Waals surface area contributed by atoms with E-state index >= 15 is 0 Å². The maximum atomic E-state index is 12.3. The van der Waals surface area contributed by atoms with Crippen molar-refractivity contribution in [2.24, 2.45) is 0 Å². The molecule has 124 valence electrons. The molecule has 0 spiro atoms. The van der Waals surface area contributed by atoms with Gasteiger partial charge in [0, 0.05) is 16.5 Å². The second kappa shape index (κ2) is 6.53. The summed E-state index contributed by atoms with van der Waals surface area (Å²) in [6.45, 7) is 1.97. The van der Waals surface area contributed by atoms with Crippen molar-refractivity contribution in [2.45, 2.75) is 13.3 Å². The molecule has 0 atom stereocenters. The second-order valence-corrected chi connectivity index (χ2v) is 6.76. The van der Waals surface area contributed by atoms with Crippen LogP contribution in [-0.4, -0.2) is 10.9 Å². The van der Waals surface area contributed by atoms with Gasteiger partial charge >= 0.3 is 0 Å². The van der Waals surface area contributed by atoms with Crippen LogP contribution in [0.2, 0.25) is 0 Å². The predicted molar refractivity (Wildman–Crippen MR) is 101 cm³/mol. The molecule has 0 aliphatic heterocycles. The van der Waals surface area contributed by atoms with Crippen molar-refractivity contribution in [1.82, 2.24) is 4.98 Å². The lowest BCUT2D eigenvalue weighted by molar-refractivity contribution is -0.115. The molecule has 0 fully saturated rings. The van der Waals surface area contributed by atoms with Gasteiger partial charge in [-0.2, -0.15) is 0 Å². The van der Waals surface area contributed by atoms with Gasteiger partial charge in [0.2, 0.25) is 5.91 Å². The van der Waals surface area contributed by atoms with Crippen LogP contribution in [0, 0.1) is 6.92 Å². The highest BCUT2D eigenvalue weighted by molar-refractivity contribution is 7.10. The van der Waals surface area contributed by atoms with Crippen LogP contribution in [0.1, 0.15) is 10.6 Å². The number of amides is 1. The number of nitrogens with one attached hydrogen (secondary N) is 1. The van der Waals surface area contributed by atoms with E-state index in [1.807, 2.05) is 66.9 Å². The van der Waals surface area contributed by atoms with Gasteiger partial charge in [0.15, 0.2) is 5.76 Å². The first-order chi connectivity index (χ1) is 12.2. The Labute approximate surface area is 149 Å². The van der Waals surface area contributed by atoms with E-state index in [4.69, 9.17) is 4.42 Å². The zero-order valence-electron chi connectivity index (χ0n) is 13.7. The topological polar surface area (TPSA) is 55.1 Å². The number of hydrogen-bond donors (Lipinski definition) is 1. The van der Waals surface area contributed by atoms with Crippen molar-refractivity contribution < 1.29 is 9.21 Å². The molecule has 2 aromatic carbocycles. The first-order valence-electron chi connectivity index (χ1n) is 7.98. The standard InChI is InChI=1S/C20H16N2O2S/c1-13-6-2-4-8-15(13)21-19(23)11-20-22-16(12-25-20)18-10-14-7-3-5-9-17(14)24-18/h2-10,12H,11H2,1H3,(H,21,23). The number of fused-ring (bicyclic) bond motifs is 1. The normalized spacial score (nSPS) is 10.9. The van der Waals surface area contributed by atoms with Crippen molar-refractivity contribution in [1.29, 1.82) is 0 Å². The molecule has 0 unspecified atom stereocenters. The van der Waals surface area contributed by atoms with Crippen LogP contribution in [0.4, 0.5) is 5.69 Å². The summed E-state index contributed by atoms with van der Waals surface area (Å²) in [6, 6.07) is 17.6. The third kappa shape index (κ3) is 3.32. The Bertz CT molecular complexity index is 1020. The lowest BCUT2D eigenvalue weighted by Crippen LogP contribution is -2.14. The van der Waals surface area contributed by atoms with Gasteiger partial charge in [-0.05, 0) is 30.7 Å². The fraction of sp³-hybridized carbons (Fsp3) is 0.100. The molecular weight excluding hydrogens is 332 g/mol. The van der Waals surface area contributed by atoms with Crippen molar-refractivity contribution in [2.75, 3.05) is 5.32 Å². The fourth-order valence-corrected chi connectivity index (χ4v) is 3.44. The van der Waals surface area contributed by atoms with Crippen LogP contribution in [0.15, 0.2) is 64.4 Å². The molecule has 0 saturated carbocycles. The molecule has 1 amide bonds. The van der Waals surface area contributed by atoms with E-state index in [0.717, 1.165) is 38.7 Å². The van der Waals surface area contributed by atoms with E-state index in [0.29, 0.717) is 0 Å². The summed E-state index contributed by atoms with van der Waals surface area (Å²) < 4.78 is 5.83. The Morgan fingerprint density at radius 3 is 2.80 bits per heavy atom. The quantitative estimate of drug-likeness (QED) is 0.562. The highest BCUT2D eigenvalue weighted by atomic mass is 32.1. The predicted octanol–water partition coefficient (Wildman–Crippen LogP) is 5.05. The smallest absolute Gasteiger partial charge is 0.231 e. The number of thiazole rings is 1. The van der Waals surface area contributed by atoms with Gasteiger partial charge in [-0.1, -0.05) is 36.4 Å². The minimum Gasteiger partial charge on any atom is -0.454 e. The minimum atomic E-state index is -0.0696. The Morgan fingerprint density at radius 2 is 1.96 bits per heavy atom. The number of anilines is 1. The SMILES string of the molecule is Cc1ccccc1NC(=O)Cc1nc(-c2cc3ccccc3o2)cs1. The van der Waals surface area contributed by atoms with Gasteiger partial charge in [0.1, 0.15) is 16.3 Å². The molecule has 2 aromatic heterocycles. The van der Waals surface area contributed by atoms with E-state index < -0.39 is 0 Å². The molecule has 0 bridgehead atoms. The van der Waals surface area contributed by atoms with Crippen LogP contribution in [0.3, 0.4) is 0 Å². The van der Waals surface area contributed by atoms with Crippen LogP contribution in [0.5, 0.6) is 0 Å². The molecule has 2 heterocycles. The number of aromatic nitrogens is 1. The molecule has 4 rings (SSSR count). The average molecular weight is 348 g/mol. The number of benzene rings is 2. The Hall–Kier alpha value is -2.92. The molecule has 1 N–H and O–H groups in total. The van der Waals surface area contributed by atoms with E-state index in [-0.39, 0.29) is 12.3 Å². The minimum absolute atomic E-state index is 0.0696. The molecule has 4 aromatic rings. The van der Waals surface area contributed by atoms with Gasteiger partial charge < -0.3 is 9.73 Å². The van der Waals surface area contributed by atoms with Crippen LogP contribution < -0.4 is 5.32 Å². The molecule has 0 radical (unpaired) electrons. The number of rotatable bonds is 4. The molecule has 25 heavy (non-hydrogen) atoms. The first kappa shape index (κ1) is 15.6. The van der Waals surface area contributed by atoms with Crippen molar-refractivity contribution in [3.05, 3.63) is 70.5 Å². The second-order valence-electron chi connectivity index (χ2n) is 5.81. The summed E-state index contributed by atoms with van der Waals surface area (Å²) in [4.78, 5) is 16.8. The number of para-hydroxylation sites is 2. The van der Waals surface area contributed by atoms with Crippen molar-refractivity contribution >= 4 is 33.9 Å². The largest absolute Gasteiger partial charge is 0.454 e. The molecule has 4 nitrogen and oxygen atoms in total. The van der Waals surface area contributed by atoms with E-state index in [9.17, 15) is 4.79 Å². The van der Waals surface area contributed by atoms with Crippen LogP contribution >= 0.6 is 11.3 Å². The van der Waals surface area contributed by atoms with Gasteiger partial charge in [0.25, 0.3) is 0 Å². The van der Waals surface area contributed by atoms with Crippen molar-refractivity contribution in [3.63, 3.8) is 0 Å². The molecule has 5 heteroatoms. The lowest BCUT2D eigenvalue weighted by atomic mass is 10.2. The van der Waals surface area contributed by atoms with Gasteiger partial charge in [-0.15, -0.1) is 11.3 Å². The molecule has 0 aliphatic carbocycles. The van der Waals surface area contributed by atoms with Gasteiger partial charge in [-0.3, -0.25) is 4.79 Å². The number of carbonyl (C=O) groups excluding carboxylic acids is 1. The first-order valence-corrected chi connectivity index (χ1v) is 8.86. The van der Waals surface area contributed by atoms with Gasteiger partial charge in [0.05, 0.1) is 6.42 Å². The highest BCUT2D eigenvalue weighted by Gasteiger charge is 2.13. The number of carbonyl (C=O) groups is 1. The summed E-state index contributed by atoms with van der Waals surface area (Å²) in [5.74, 6) is 0.655. The third-order valence-corrected chi connectivity index (χ3v) is 4.81. The van der Waals surface area contributed by atoms with Crippen molar-refractivity contribution in [3.8, 4) is 11.5 Å². The molecular formula is C20H16N2O2S. The summed E-state index contributed by atoms with van der Waals surface area (Å²) in [5.41, 5.74) is 3.48. The number of nitrogens with zero attached hydrogens (tertiary/aromatic N) is 1. The fourth-order valence-electron chi connectivity index (χ4n) is 2.66. The summed E-state index contributed by atoms with van der Waals surface area (Å²) in [7, 11) is 0. The maximum Gasteiger partial charge on any atom is 0.231 e. The Kier molecular flexibility index (Phi) is 4.07. The summed E-state index contributed by atoms with van der Waals surface area (Å²) >= 11 is 1.47.